The molecule has 4 N–H and O–H groups in total. The Morgan fingerprint density at radius 3 is 2.73 bits per heavy atom. The number of aromatic nitrogens is 3. The third-order valence-electron chi connectivity index (χ3n) is 9.78. The van der Waals surface area contributed by atoms with Gasteiger partial charge in [0.25, 0.3) is 0 Å². The highest BCUT2D eigenvalue weighted by Crippen LogP contribution is 2.39. The van der Waals surface area contributed by atoms with Crippen LogP contribution < -0.4 is 16.7 Å². The van der Waals surface area contributed by atoms with Crippen LogP contribution in [0.15, 0.2) is 58.4 Å². The minimum absolute atomic E-state index is 0.00371. The monoisotopic (exact) mass is 630 g/mol. The third kappa shape index (κ3) is 7.33. The van der Waals surface area contributed by atoms with Crippen LogP contribution in [0, 0.1) is 17.7 Å². The number of piperidine rings is 1. The molecule has 1 unspecified atom stereocenters. The molecule has 45 heavy (non-hydrogen) atoms. The zero-order chi connectivity index (χ0) is 31.7. The number of fused-ring (bicyclic) bond motifs is 1. The highest BCUT2D eigenvalue weighted by atomic mass is 35.5. The quantitative estimate of drug-likeness (QED) is 0.116. The molecule has 2 aliphatic rings. The Morgan fingerprint density at radius 1 is 1.22 bits per heavy atom. The van der Waals surface area contributed by atoms with Crippen LogP contribution >= 0.6 is 11.6 Å². The number of aryl methyl sites for hydroxylation is 1. The Hall–Kier alpha value is -3.49. The van der Waals surface area contributed by atoms with Crippen LogP contribution in [0.1, 0.15) is 89.3 Å². The number of hydrogen-bond donors (Lipinski definition) is 3. The fourth-order valence-corrected chi connectivity index (χ4v) is 7.14. The van der Waals surface area contributed by atoms with Crippen molar-refractivity contribution in [2.45, 2.75) is 90.1 Å². The van der Waals surface area contributed by atoms with E-state index in [4.69, 9.17) is 17.3 Å². The van der Waals surface area contributed by atoms with E-state index in [1.165, 1.54) is 29.4 Å². The van der Waals surface area contributed by atoms with Crippen molar-refractivity contribution < 1.29 is 4.39 Å². The Morgan fingerprint density at radius 2 is 2.00 bits per heavy atom. The number of aliphatic imine (C=N–C) groups is 1. The number of nitrogens with one attached hydrogen (secondary N) is 2. The molecule has 3 heterocycles. The summed E-state index contributed by atoms with van der Waals surface area (Å²) in [4.78, 5) is 24.9. The van der Waals surface area contributed by atoms with E-state index < -0.39 is 11.5 Å². The summed E-state index contributed by atoms with van der Waals surface area (Å²) in [5.74, 6) is 1.76. The number of aromatic amines is 1. The van der Waals surface area contributed by atoms with E-state index in [1.54, 1.807) is 12.3 Å². The van der Waals surface area contributed by atoms with Gasteiger partial charge in [-0.1, -0.05) is 37.1 Å². The number of nitrogens with two attached hydrogens (primary N) is 1. The number of halogens is 2. The molecular formula is C36H44ClFN6O. The van der Waals surface area contributed by atoms with Crippen molar-refractivity contribution in [1.82, 2.24) is 19.9 Å². The predicted molar refractivity (Wildman–Crippen MR) is 182 cm³/mol. The highest BCUT2D eigenvalue weighted by Gasteiger charge is 2.31. The maximum atomic E-state index is 15.3. The van der Waals surface area contributed by atoms with E-state index in [9.17, 15) is 4.79 Å². The van der Waals surface area contributed by atoms with Crippen molar-refractivity contribution in [2.75, 3.05) is 6.54 Å². The van der Waals surface area contributed by atoms with Gasteiger partial charge in [-0.3, -0.25) is 9.56 Å². The number of H-pyrrole nitrogens is 1. The molecule has 2 aromatic heterocycles. The number of hydrogen-bond acceptors (Lipinski definition) is 4. The number of amidine groups is 1. The van der Waals surface area contributed by atoms with Gasteiger partial charge in [-0.05, 0) is 119 Å². The standard InChI is InChI=1S/C36H44ClFN6O/c1-22(25-9-10-25)6-4-7-24-18-29(33(38)30(37)19-24)32-20-27-21-44(35(45)42-34(27)41-32)28-13-11-26(12-14-28)31-8-5-15-36(3,43-31)16-17-40-23(2)39/h11-14,18-22,25,31,43H,4-10,15-17H2,1-3H3,(H2,39,40)(H,41,42,45)/t22-,31+,36?/m1/s1. The van der Waals surface area contributed by atoms with E-state index in [0.29, 0.717) is 34.7 Å². The van der Waals surface area contributed by atoms with Gasteiger partial charge in [0.15, 0.2) is 5.82 Å². The van der Waals surface area contributed by atoms with Gasteiger partial charge in [-0.25, -0.2) is 9.18 Å². The smallest absolute Gasteiger partial charge is 0.354 e. The fourth-order valence-electron chi connectivity index (χ4n) is 6.89. The van der Waals surface area contributed by atoms with Crippen molar-refractivity contribution >= 4 is 28.5 Å². The van der Waals surface area contributed by atoms with Gasteiger partial charge in [0.1, 0.15) is 5.65 Å². The van der Waals surface area contributed by atoms with E-state index in [0.717, 1.165) is 61.6 Å². The summed E-state index contributed by atoms with van der Waals surface area (Å²) >= 11 is 6.35. The molecule has 9 heteroatoms. The van der Waals surface area contributed by atoms with Gasteiger partial charge in [0.05, 0.1) is 22.2 Å². The summed E-state index contributed by atoms with van der Waals surface area (Å²) in [6.07, 6.45) is 11.7. The van der Waals surface area contributed by atoms with Crippen LogP contribution in [0.4, 0.5) is 4.39 Å². The van der Waals surface area contributed by atoms with Crippen LogP contribution in [0.2, 0.25) is 5.02 Å². The van der Waals surface area contributed by atoms with Crippen molar-refractivity contribution in [2.24, 2.45) is 22.6 Å². The van der Waals surface area contributed by atoms with E-state index >= 15 is 4.39 Å². The lowest BCUT2D eigenvalue weighted by molar-refractivity contribution is 0.215. The van der Waals surface area contributed by atoms with Gasteiger partial charge in [-0.2, -0.15) is 4.98 Å². The fraction of sp³-hybridized carbons (Fsp3) is 0.472. The summed E-state index contributed by atoms with van der Waals surface area (Å²) in [5.41, 5.74) is 9.61. The maximum absolute atomic E-state index is 15.3. The van der Waals surface area contributed by atoms with Crippen LogP contribution in [-0.2, 0) is 6.42 Å². The molecule has 7 nitrogen and oxygen atoms in total. The normalized spacial score (nSPS) is 21.4. The van der Waals surface area contributed by atoms with Crippen molar-refractivity contribution in [3.63, 3.8) is 0 Å². The Labute approximate surface area is 269 Å². The summed E-state index contributed by atoms with van der Waals surface area (Å²) < 4.78 is 16.8. The molecule has 0 spiro atoms. The topological polar surface area (TPSA) is 101 Å². The SMILES string of the molecule is CC(N)=NCCC1(C)CCC[C@@H](c2ccc(-n3cc4cc(-c5cc(CCC[C@@H](C)C6CC6)cc(Cl)c5F)[nH]c4nc3=O)cc2)N1. The molecule has 0 radical (unpaired) electrons. The first-order valence-electron chi connectivity index (χ1n) is 16.3. The molecule has 1 saturated heterocycles. The second-order valence-electron chi connectivity index (χ2n) is 13.5. The number of benzene rings is 2. The van der Waals surface area contributed by atoms with Gasteiger partial charge in [-0.15, -0.1) is 0 Å². The Bertz CT molecular complexity index is 1750. The van der Waals surface area contributed by atoms with Gasteiger partial charge in [0, 0.05) is 35.3 Å². The average molecular weight is 631 g/mol. The van der Waals surface area contributed by atoms with Crippen LogP contribution in [0.3, 0.4) is 0 Å². The first-order chi connectivity index (χ1) is 21.6. The molecule has 238 valence electrons. The Balaban J connectivity index is 1.19. The first-order valence-corrected chi connectivity index (χ1v) is 16.7. The zero-order valence-corrected chi connectivity index (χ0v) is 27.3. The van der Waals surface area contributed by atoms with Crippen molar-refractivity contribution in [1.29, 1.82) is 0 Å². The molecule has 2 fully saturated rings. The zero-order valence-electron chi connectivity index (χ0n) is 26.5. The summed E-state index contributed by atoms with van der Waals surface area (Å²) in [6, 6.07) is 13.7. The van der Waals surface area contributed by atoms with Crippen molar-refractivity contribution in [3.05, 3.63) is 81.1 Å². The molecule has 6 rings (SSSR count). The minimum atomic E-state index is -0.473. The second-order valence-corrected chi connectivity index (χ2v) is 13.9. The second kappa shape index (κ2) is 13.1. The number of nitrogens with zero attached hydrogens (tertiary/aromatic N) is 3. The van der Waals surface area contributed by atoms with E-state index in [-0.39, 0.29) is 16.6 Å². The largest absolute Gasteiger partial charge is 0.388 e. The van der Waals surface area contributed by atoms with E-state index in [1.807, 2.05) is 31.2 Å². The van der Waals surface area contributed by atoms with Crippen LogP contribution in [-0.4, -0.2) is 32.5 Å². The molecule has 0 amide bonds. The lowest BCUT2D eigenvalue weighted by atomic mass is 9.83. The minimum Gasteiger partial charge on any atom is -0.388 e. The molecule has 1 saturated carbocycles. The molecule has 1 aliphatic heterocycles. The Kier molecular flexibility index (Phi) is 9.16. The third-order valence-corrected chi connectivity index (χ3v) is 10.1. The first kappa shape index (κ1) is 31.5. The molecule has 0 bridgehead atoms. The molecule has 3 atom stereocenters. The van der Waals surface area contributed by atoms with Gasteiger partial charge >= 0.3 is 5.69 Å². The maximum Gasteiger partial charge on any atom is 0.354 e. The molecule has 4 aromatic rings. The van der Waals surface area contributed by atoms with Crippen LogP contribution in [0.5, 0.6) is 0 Å². The van der Waals surface area contributed by atoms with Gasteiger partial charge < -0.3 is 16.0 Å². The predicted octanol–water partition coefficient (Wildman–Crippen LogP) is 7.88. The average Bonchev–Trinajstić information content (AvgIpc) is 3.78. The lowest BCUT2D eigenvalue weighted by Gasteiger charge is -2.40. The molecular weight excluding hydrogens is 587 g/mol. The number of rotatable bonds is 11. The van der Waals surface area contributed by atoms with E-state index in [2.05, 4.69) is 46.3 Å². The lowest BCUT2D eigenvalue weighted by Crippen LogP contribution is -2.48. The summed E-state index contributed by atoms with van der Waals surface area (Å²) in [7, 11) is 0. The highest BCUT2D eigenvalue weighted by molar-refractivity contribution is 6.31. The summed E-state index contributed by atoms with van der Waals surface area (Å²) in [5, 5.41) is 4.66. The van der Waals surface area contributed by atoms with Gasteiger partial charge in [0.2, 0.25) is 0 Å². The molecule has 1 aliphatic carbocycles. The molecule has 2 aromatic carbocycles. The summed E-state index contributed by atoms with van der Waals surface area (Å²) in [6.45, 7) is 7.12. The van der Waals surface area contributed by atoms with Crippen LogP contribution in [0.25, 0.3) is 28.0 Å². The van der Waals surface area contributed by atoms with Crippen molar-refractivity contribution in [3.8, 4) is 16.9 Å².